The molecule has 0 bridgehead atoms. The van der Waals surface area contributed by atoms with Gasteiger partial charge in [0.1, 0.15) is 0 Å². The van der Waals surface area contributed by atoms with Gasteiger partial charge in [0.2, 0.25) is 5.91 Å². The van der Waals surface area contributed by atoms with Crippen LogP contribution < -0.4 is 10.2 Å². The molecule has 1 aromatic carbocycles. The lowest BCUT2D eigenvalue weighted by Crippen LogP contribution is -2.50. The maximum absolute atomic E-state index is 12.7. The fourth-order valence-electron chi connectivity index (χ4n) is 2.62. The maximum Gasteiger partial charge on any atom is 0.234 e. The molecule has 1 aromatic rings. The summed E-state index contributed by atoms with van der Waals surface area (Å²) >= 11 is 0. The van der Waals surface area contributed by atoms with Crippen LogP contribution >= 0.6 is 0 Å². The summed E-state index contributed by atoms with van der Waals surface area (Å²) in [5.74, 6) is 0.239. The number of hydrogen-bond acceptors (Lipinski definition) is 2. The second-order valence-corrected chi connectivity index (χ2v) is 5.23. The molecule has 0 saturated carbocycles. The summed E-state index contributed by atoms with van der Waals surface area (Å²) in [6.07, 6.45) is 2.05. The van der Waals surface area contributed by atoms with Crippen LogP contribution in [0.2, 0.25) is 0 Å². The lowest BCUT2D eigenvalue weighted by atomic mass is 9.81. The zero-order valence-corrected chi connectivity index (χ0v) is 11.3. The number of piperidine rings is 1. The molecule has 1 aliphatic heterocycles. The molecule has 98 valence electrons. The summed E-state index contributed by atoms with van der Waals surface area (Å²) in [4.78, 5) is 14.6. The third-order valence-corrected chi connectivity index (χ3v) is 3.74. The first-order chi connectivity index (χ1) is 8.67. The van der Waals surface area contributed by atoms with E-state index >= 15 is 0 Å². The van der Waals surface area contributed by atoms with Crippen molar-refractivity contribution in [2.45, 2.75) is 26.7 Å². The van der Waals surface area contributed by atoms with E-state index in [2.05, 4.69) is 12.2 Å². The summed E-state index contributed by atoms with van der Waals surface area (Å²) in [5, 5.41) is 3.34. The van der Waals surface area contributed by atoms with E-state index in [1.807, 2.05) is 42.2 Å². The number of amides is 1. The SMILES string of the molecule is CCN(C(=O)C1(C)CCCNC1)c1ccccc1. The third kappa shape index (κ3) is 2.56. The topological polar surface area (TPSA) is 32.3 Å². The Balaban J connectivity index is 2.20. The van der Waals surface area contributed by atoms with Gasteiger partial charge >= 0.3 is 0 Å². The molecule has 1 unspecified atom stereocenters. The van der Waals surface area contributed by atoms with Crippen LogP contribution in [0, 0.1) is 5.41 Å². The molecule has 0 aliphatic carbocycles. The van der Waals surface area contributed by atoms with Gasteiger partial charge in [-0.25, -0.2) is 0 Å². The number of nitrogens with one attached hydrogen (secondary N) is 1. The maximum atomic E-state index is 12.7. The minimum Gasteiger partial charge on any atom is -0.316 e. The molecule has 1 fully saturated rings. The second-order valence-electron chi connectivity index (χ2n) is 5.23. The van der Waals surface area contributed by atoms with E-state index in [4.69, 9.17) is 0 Å². The molecule has 1 atom stereocenters. The van der Waals surface area contributed by atoms with Gasteiger partial charge in [0.05, 0.1) is 5.41 Å². The predicted octanol–water partition coefficient (Wildman–Crippen LogP) is 2.43. The van der Waals surface area contributed by atoms with Crippen molar-refractivity contribution in [3.8, 4) is 0 Å². The van der Waals surface area contributed by atoms with Gasteiger partial charge in [0, 0.05) is 18.8 Å². The number of nitrogens with zero attached hydrogens (tertiary/aromatic N) is 1. The van der Waals surface area contributed by atoms with Crippen LogP contribution in [0.1, 0.15) is 26.7 Å². The van der Waals surface area contributed by atoms with Crippen molar-refractivity contribution in [1.29, 1.82) is 0 Å². The molecule has 2 rings (SSSR count). The van der Waals surface area contributed by atoms with Crippen molar-refractivity contribution in [1.82, 2.24) is 5.32 Å². The van der Waals surface area contributed by atoms with Crippen LogP contribution in [0.15, 0.2) is 30.3 Å². The minimum atomic E-state index is -0.260. The molecule has 18 heavy (non-hydrogen) atoms. The summed E-state index contributed by atoms with van der Waals surface area (Å²) in [6, 6.07) is 9.94. The first kappa shape index (κ1) is 13.1. The minimum absolute atomic E-state index is 0.239. The van der Waals surface area contributed by atoms with Gasteiger partial charge in [0.25, 0.3) is 0 Å². The Bertz CT molecular complexity index is 396. The highest BCUT2D eigenvalue weighted by molar-refractivity contribution is 5.97. The number of anilines is 1. The Morgan fingerprint density at radius 2 is 2.11 bits per heavy atom. The normalized spacial score (nSPS) is 23.7. The van der Waals surface area contributed by atoms with Crippen LogP contribution in [0.25, 0.3) is 0 Å². The lowest BCUT2D eigenvalue weighted by molar-refractivity contribution is -0.128. The van der Waals surface area contributed by atoms with E-state index in [0.29, 0.717) is 0 Å². The molecule has 0 radical (unpaired) electrons. The Kier molecular flexibility index (Phi) is 4.02. The molecule has 3 heteroatoms. The van der Waals surface area contributed by atoms with E-state index in [0.717, 1.165) is 38.2 Å². The Labute approximate surface area is 109 Å². The summed E-state index contributed by atoms with van der Waals surface area (Å²) in [5.41, 5.74) is 0.737. The summed E-state index contributed by atoms with van der Waals surface area (Å²) in [7, 11) is 0. The van der Waals surface area contributed by atoms with Gasteiger partial charge in [-0.15, -0.1) is 0 Å². The van der Waals surface area contributed by atoms with E-state index in [-0.39, 0.29) is 11.3 Å². The highest BCUT2D eigenvalue weighted by Gasteiger charge is 2.37. The largest absolute Gasteiger partial charge is 0.316 e. The highest BCUT2D eigenvalue weighted by Crippen LogP contribution is 2.30. The average molecular weight is 246 g/mol. The number of para-hydroxylation sites is 1. The van der Waals surface area contributed by atoms with Crippen LogP contribution in [0.5, 0.6) is 0 Å². The van der Waals surface area contributed by atoms with Gasteiger partial charge in [-0.05, 0) is 45.4 Å². The number of rotatable bonds is 3. The zero-order chi connectivity index (χ0) is 13.0. The van der Waals surface area contributed by atoms with Crippen molar-refractivity contribution in [2.24, 2.45) is 5.41 Å². The van der Waals surface area contributed by atoms with Crippen molar-refractivity contribution < 1.29 is 4.79 Å². The molecular formula is C15H22N2O. The summed E-state index contributed by atoms with van der Waals surface area (Å²) < 4.78 is 0. The smallest absolute Gasteiger partial charge is 0.234 e. The summed E-state index contributed by atoms with van der Waals surface area (Å²) in [6.45, 7) is 6.64. The quantitative estimate of drug-likeness (QED) is 0.888. The van der Waals surface area contributed by atoms with E-state index < -0.39 is 0 Å². The van der Waals surface area contributed by atoms with Crippen LogP contribution in [0.4, 0.5) is 5.69 Å². The van der Waals surface area contributed by atoms with Gasteiger partial charge in [0.15, 0.2) is 0 Å². The molecule has 1 N–H and O–H groups in total. The molecule has 1 heterocycles. The van der Waals surface area contributed by atoms with Crippen LogP contribution in [0.3, 0.4) is 0 Å². The Morgan fingerprint density at radius 1 is 1.39 bits per heavy atom. The first-order valence-electron chi connectivity index (χ1n) is 6.75. The van der Waals surface area contributed by atoms with Crippen molar-refractivity contribution in [2.75, 3.05) is 24.5 Å². The van der Waals surface area contributed by atoms with Gasteiger partial charge in [-0.1, -0.05) is 18.2 Å². The third-order valence-electron chi connectivity index (χ3n) is 3.74. The fraction of sp³-hybridized carbons (Fsp3) is 0.533. The standard InChI is InChI=1S/C15H22N2O/c1-3-17(13-8-5-4-6-9-13)14(18)15(2)10-7-11-16-12-15/h4-6,8-9,16H,3,7,10-12H2,1-2H3. The molecule has 0 spiro atoms. The fourth-order valence-corrected chi connectivity index (χ4v) is 2.62. The lowest BCUT2D eigenvalue weighted by Gasteiger charge is -2.37. The van der Waals surface area contributed by atoms with Gasteiger partial charge in [-0.2, -0.15) is 0 Å². The first-order valence-corrected chi connectivity index (χ1v) is 6.75. The van der Waals surface area contributed by atoms with Crippen molar-refractivity contribution in [3.05, 3.63) is 30.3 Å². The number of benzene rings is 1. The molecule has 3 nitrogen and oxygen atoms in total. The average Bonchev–Trinajstić information content (AvgIpc) is 2.41. The van der Waals surface area contributed by atoms with Crippen LogP contribution in [-0.2, 0) is 4.79 Å². The number of carbonyl (C=O) groups is 1. The zero-order valence-electron chi connectivity index (χ0n) is 11.3. The van der Waals surface area contributed by atoms with E-state index in [1.165, 1.54) is 0 Å². The Hall–Kier alpha value is -1.35. The van der Waals surface area contributed by atoms with E-state index in [1.54, 1.807) is 0 Å². The molecule has 1 saturated heterocycles. The van der Waals surface area contributed by atoms with E-state index in [9.17, 15) is 4.79 Å². The monoisotopic (exact) mass is 246 g/mol. The van der Waals surface area contributed by atoms with Crippen LogP contribution in [-0.4, -0.2) is 25.5 Å². The highest BCUT2D eigenvalue weighted by atomic mass is 16.2. The number of carbonyl (C=O) groups excluding carboxylic acids is 1. The van der Waals surface area contributed by atoms with Crippen molar-refractivity contribution in [3.63, 3.8) is 0 Å². The molecule has 0 aromatic heterocycles. The van der Waals surface area contributed by atoms with Crippen molar-refractivity contribution >= 4 is 11.6 Å². The molecule has 1 amide bonds. The van der Waals surface area contributed by atoms with Gasteiger partial charge in [-0.3, -0.25) is 4.79 Å². The number of hydrogen-bond donors (Lipinski definition) is 1. The van der Waals surface area contributed by atoms with Gasteiger partial charge < -0.3 is 10.2 Å². The second kappa shape index (κ2) is 5.53. The Morgan fingerprint density at radius 3 is 2.67 bits per heavy atom. The predicted molar refractivity (Wildman–Crippen MR) is 74.7 cm³/mol. The molecular weight excluding hydrogens is 224 g/mol. The molecule has 1 aliphatic rings.